The molecule has 0 fully saturated rings. The highest BCUT2D eigenvalue weighted by Gasteiger charge is 2.23. The molecule has 1 atom stereocenters. The number of hydrogen-bond donors (Lipinski definition) is 2. The molecule has 1 amide bonds. The van der Waals surface area contributed by atoms with Gasteiger partial charge in [0.15, 0.2) is 23.3 Å². The minimum atomic E-state index is -1.54. The predicted octanol–water partition coefficient (Wildman–Crippen LogP) is 0.859. The van der Waals surface area contributed by atoms with Crippen molar-refractivity contribution >= 4 is 5.91 Å². The first kappa shape index (κ1) is 13.4. The number of rotatable bonds is 3. The van der Waals surface area contributed by atoms with Gasteiger partial charge in [-0.05, 0) is 0 Å². The Kier molecular flexibility index (Phi) is 4.06. The van der Waals surface area contributed by atoms with E-state index in [1.54, 1.807) is 0 Å². The summed E-state index contributed by atoms with van der Waals surface area (Å²) in [6, 6.07) is -1.19. The third kappa shape index (κ3) is 2.73. The van der Waals surface area contributed by atoms with E-state index in [0.717, 1.165) is 0 Å². The van der Waals surface area contributed by atoms with E-state index in [0.29, 0.717) is 0 Å². The summed E-state index contributed by atoms with van der Waals surface area (Å²) in [6.45, 7) is 0. The molecule has 0 spiro atoms. The Hall–Kier alpha value is -1.63. The van der Waals surface area contributed by atoms with E-state index in [1.165, 1.54) is 7.05 Å². The summed E-state index contributed by atoms with van der Waals surface area (Å²) in [5, 5.41) is 2.16. The fraction of sp³-hybridized carbons (Fsp3) is 0.300. The average molecular weight is 250 g/mol. The minimum Gasteiger partial charge on any atom is -0.358 e. The van der Waals surface area contributed by atoms with Gasteiger partial charge in [0.1, 0.15) is 0 Å². The average Bonchev–Trinajstić information content (AvgIpc) is 2.30. The molecule has 0 aliphatic rings. The smallest absolute Gasteiger partial charge is 0.237 e. The number of benzene rings is 1. The lowest BCUT2D eigenvalue weighted by atomic mass is 10.0. The molecule has 0 heterocycles. The molecule has 0 aliphatic heterocycles. The van der Waals surface area contributed by atoms with Gasteiger partial charge in [-0.25, -0.2) is 17.6 Å². The van der Waals surface area contributed by atoms with Crippen molar-refractivity contribution in [1.29, 1.82) is 0 Å². The second-order valence-electron chi connectivity index (χ2n) is 3.37. The van der Waals surface area contributed by atoms with Crippen LogP contribution in [-0.2, 0) is 11.2 Å². The van der Waals surface area contributed by atoms with Crippen LogP contribution in [0.3, 0.4) is 0 Å². The second-order valence-corrected chi connectivity index (χ2v) is 3.37. The molecule has 0 aromatic heterocycles. The summed E-state index contributed by atoms with van der Waals surface area (Å²) in [5.41, 5.74) is 4.43. The number of likely N-dealkylation sites (N-methyl/N-ethyl adjacent to an activating group) is 1. The summed E-state index contributed by atoms with van der Waals surface area (Å²) in [6.07, 6.45) is -0.633. The molecule has 0 saturated carbocycles. The van der Waals surface area contributed by atoms with Crippen LogP contribution in [0.5, 0.6) is 0 Å². The van der Waals surface area contributed by atoms with Gasteiger partial charge in [0.25, 0.3) is 0 Å². The lowest BCUT2D eigenvalue weighted by Crippen LogP contribution is -2.40. The summed E-state index contributed by atoms with van der Waals surface area (Å²) >= 11 is 0. The van der Waals surface area contributed by atoms with Crippen LogP contribution in [-0.4, -0.2) is 19.0 Å². The first-order chi connectivity index (χ1) is 7.88. The zero-order chi connectivity index (χ0) is 13.2. The van der Waals surface area contributed by atoms with E-state index >= 15 is 0 Å². The third-order valence-corrected chi connectivity index (χ3v) is 2.21. The second kappa shape index (κ2) is 5.13. The molecule has 7 heteroatoms. The van der Waals surface area contributed by atoms with E-state index in [1.807, 2.05) is 0 Å². The first-order valence-corrected chi connectivity index (χ1v) is 4.67. The summed E-state index contributed by atoms with van der Waals surface area (Å²) in [4.78, 5) is 11.0. The van der Waals surface area contributed by atoms with Gasteiger partial charge in [-0.15, -0.1) is 0 Å². The van der Waals surface area contributed by atoms with Gasteiger partial charge in [-0.3, -0.25) is 4.79 Å². The number of amides is 1. The van der Waals surface area contributed by atoms with Crippen molar-refractivity contribution in [2.75, 3.05) is 7.05 Å². The van der Waals surface area contributed by atoms with E-state index in [4.69, 9.17) is 5.73 Å². The molecule has 3 N–H and O–H groups in total. The highest BCUT2D eigenvalue weighted by molar-refractivity contribution is 5.81. The number of nitrogens with two attached hydrogens (primary N) is 1. The van der Waals surface area contributed by atoms with Crippen molar-refractivity contribution in [3.8, 4) is 0 Å². The topological polar surface area (TPSA) is 55.1 Å². The van der Waals surface area contributed by atoms with Gasteiger partial charge < -0.3 is 11.1 Å². The molecule has 1 rings (SSSR count). The molecule has 0 aliphatic carbocycles. The van der Waals surface area contributed by atoms with Crippen LogP contribution in [0.4, 0.5) is 17.6 Å². The fourth-order valence-electron chi connectivity index (χ4n) is 1.30. The molecule has 0 bridgehead atoms. The molecular formula is C10H10F4N2O. The molecule has 3 nitrogen and oxygen atoms in total. The maximum Gasteiger partial charge on any atom is 0.237 e. The molecule has 17 heavy (non-hydrogen) atoms. The van der Waals surface area contributed by atoms with Gasteiger partial charge in [-0.2, -0.15) is 0 Å². The zero-order valence-electron chi connectivity index (χ0n) is 8.86. The van der Waals surface area contributed by atoms with Crippen molar-refractivity contribution in [2.24, 2.45) is 5.73 Å². The predicted molar refractivity (Wildman–Crippen MR) is 52.0 cm³/mol. The van der Waals surface area contributed by atoms with Crippen LogP contribution in [0.1, 0.15) is 5.56 Å². The minimum absolute atomic E-state index is 0.0968. The van der Waals surface area contributed by atoms with Crippen LogP contribution < -0.4 is 11.1 Å². The van der Waals surface area contributed by atoms with Gasteiger partial charge in [0.2, 0.25) is 5.91 Å². The largest absolute Gasteiger partial charge is 0.358 e. The number of carbonyl (C=O) groups excluding carboxylic acids is 1. The van der Waals surface area contributed by atoms with Crippen LogP contribution in [0.25, 0.3) is 0 Å². The van der Waals surface area contributed by atoms with E-state index in [-0.39, 0.29) is 6.07 Å². The normalized spacial score (nSPS) is 12.4. The highest BCUT2D eigenvalue weighted by atomic mass is 19.2. The first-order valence-electron chi connectivity index (χ1n) is 4.67. The number of halogens is 4. The highest BCUT2D eigenvalue weighted by Crippen LogP contribution is 2.20. The maximum atomic E-state index is 13.2. The summed E-state index contributed by atoms with van der Waals surface area (Å²) in [5.74, 6) is -6.81. The Morgan fingerprint density at radius 3 is 2.18 bits per heavy atom. The molecule has 94 valence electrons. The number of nitrogens with one attached hydrogen (secondary N) is 1. The Bertz CT molecular complexity index is 424. The molecule has 1 aromatic carbocycles. The SMILES string of the molecule is CNC(=O)[C@@H](N)Cc1c(F)c(F)cc(F)c1F. The Morgan fingerprint density at radius 1 is 1.29 bits per heavy atom. The van der Waals surface area contributed by atoms with Crippen molar-refractivity contribution in [2.45, 2.75) is 12.5 Å². The van der Waals surface area contributed by atoms with Gasteiger partial charge in [-0.1, -0.05) is 0 Å². The van der Waals surface area contributed by atoms with Gasteiger partial charge >= 0.3 is 0 Å². The quantitative estimate of drug-likeness (QED) is 0.617. The molecular weight excluding hydrogens is 240 g/mol. The standard InChI is InChI=1S/C10H10F4N2O/c1-16-10(17)7(15)2-4-8(13)5(11)3-6(12)9(4)14/h3,7H,2,15H2,1H3,(H,16,17)/t7-/m0/s1. The van der Waals surface area contributed by atoms with E-state index in [9.17, 15) is 22.4 Å². The zero-order valence-corrected chi connectivity index (χ0v) is 8.86. The van der Waals surface area contributed by atoms with Crippen LogP contribution in [0.15, 0.2) is 6.07 Å². The number of carbonyl (C=O) groups is 1. The molecule has 1 aromatic rings. The van der Waals surface area contributed by atoms with Gasteiger partial charge in [0, 0.05) is 25.1 Å². The van der Waals surface area contributed by atoms with E-state index in [2.05, 4.69) is 5.32 Å². The van der Waals surface area contributed by atoms with Crippen molar-refractivity contribution in [3.63, 3.8) is 0 Å². The lowest BCUT2D eigenvalue weighted by molar-refractivity contribution is -0.121. The van der Waals surface area contributed by atoms with Crippen LogP contribution in [0, 0.1) is 23.3 Å². The number of hydrogen-bond acceptors (Lipinski definition) is 2. The monoisotopic (exact) mass is 250 g/mol. The Balaban J connectivity index is 3.10. The van der Waals surface area contributed by atoms with Crippen molar-refractivity contribution in [1.82, 2.24) is 5.32 Å². The Labute approximate surface area is 94.6 Å². The van der Waals surface area contributed by atoms with Crippen LogP contribution in [0.2, 0.25) is 0 Å². The van der Waals surface area contributed by atoms with Crippen molar-refractivity contribution in [3.05, 3.63) is 34.9 Å². The van der Waals surface area contributed by atoms with Crippen LogP contribution >= 0.6 is 0 Å². The van der Waals surface area contributed by atoms with Gasteiger partial charge in [0.05, 0.1) is 6.04 Å². The van der Waals surface area contributed by atoms with E-state index < -0.39 is 47.2 Å². The van der Waals surface area contributed by atoms with Crippen molar-refractivity contribution < 1.29 is 22.4 Å². The molecule has 0 saturated heterocycles. The molecule has 0 unspecified atom stereocenters. The summed E-state index contributed by atoms with van der Waals surface area (Å²) < 4.78 is 52.1. The summed E-state index contributed by atoms with van der Waals surface area (Å²) in [7, 11) is 1.28. The maximum absolute atomic E-state index is 13.2. The fourth-order valence-corrected chi connectivity index (χ4v) is 1.30. The molecule has 0 radical (unpaired) electrons. The third-order valence-electron chi connectivity index (χ3n) is 2.21. The lowest BCUT2D eigenvalue weighted by Gasteiger charge is -2.12. The Morgan fingerprint density at radius 2 is 1.76 bits per heavy atom.